The molecule has 13 heteroatoms. The Kier molecular flexibility index (Phi) is 1610. The minimum absolute atomic E-state index is 0. The molecule has 0 heterocycles. The van der Waals surface area contributed by atoms with E-state index in [1.165, 1.54) is 0 Å². The molecule has 0 radical (unpaired) electrons. The molecule has 13 heavy (non-hydrogen) atoms. The third kappa shape index (κ3) is 118. The van der Waals surface area contributed by atoms with Gasteiger partial charge in [-0.1, -0.05) is 0 Å². The maximum Gasteiger partial charge on any atom is 4.00 e. The van der Waals surface area contributed by atoms with E-state index in [1.807, 2.05) is 0 Å². The summed E-state index contributed by atoms with van der Waals surface area (Å²) in [5, 5.41) is 0. The maximum atomic E-state index is 0. The van der Waals surface area contributed by atoms with Gasteiger partial charge in [-0.05, 0) is 0 Å². The molecule has 0 rings (SSSR count). The van der Waals surface area contributed by atoms with Crippen LogP contribution in [0.15, 0.2) is 0 Å². The third-order valence-corrected chi connectivity index (χ3v) is 0. The Hall–Kier alpha value is 6.55. The zero-order valence-corrected chi connectivity index (χ0v) is 26.2. The van der Waals surface area contributed by atoms with Crippen molar-refractivity contribution in [3.05, 3.63) is 0 Å². The van der Waals surface area contributed by atoms with E-state index in [1.54, 1.807) is 0 Å². The zero-order valence-electron chi connectivity index (χ0n) is 6.36. The van der Waals surface area contributed by atoms with Crippen LogP contribution in [0.2, 0.25) is 0 Å². The fourth-order valence-electron chi connectivity index (χ4n) is 0. The van der Waals surface area contributed by atoms with Gasteiger partial charge in [-0.3, -0.25) is 0 Å². The fourth-order valence-corrected chi connectivity index (χ4v) is 0. The Morgan fingerprint density at radius 3 is 0.231 bits per heavy atom. The van der Waals surface area contributed by atoms with Crippen molar-refractivity contribution in [3.63, 3.8) is 0 Å². The summed E-state index contributed by atoms with van der Waals surface area (Å²) in [5.74, 6) is 0. The normalized spacial score (nSPS) is 0. The van der Waals surface area contributed by atoms with Gasteiger partial charge in [0, 0.05) is 0 Å². The van der Waals surface area contributed by atoms with E-state index in [9.17, 15) is 0 Å². The first-order valence-electron chi connectivity index (χ1n) is 0. The van der Waals surface area contributed by atoms with Crippen molar-refractivity contribution in [1.82, 2.24) is 0 Å². The van der Waals surface area contributed by atoms with Gasteiger partial charge in [0.15, 0.2) is 0 Å². The Labute approximate surface area is 178 Å². The van der Waals surface area contributed by atoms with Gasteiger partial charge < -0.3 is 69.3 Å². The molecular formula is Ga3Ge3P7. The minimum Gasteiger partial charge on any atom is -3.00 e. The number of hydrogen-bond acceptors (Lipinski definition) is 0. The minimum atomic E-state index is 0. The van der Waals surface area contributed by atoms with Gasteiger partial charge >= 0.3 is 112 Å². The van der Waals surface area contributed by atoms with Gasteiger partial charge in [0.25, 0.3) is 0 Å². The summed E-state index contributed by atoms with van der Waals surface area (Å²) in [4.78, 5) is 0. The van der Waals surface area contributed by atoms with Crippen molar-refractivity contribution in [2.24, 2.45) is 0 Å². The molecule has 0 saturated carbocycles. The van der Waals surface area contributed by atoms with E-state index in [4.69, 9.17) is 0 Å². The molecule has 0 amide bonds. The summed E-state index contributed by atoms with van der Waals surface area (Å²) in [6.07, 6.45) is 0. The van der Waals surface area contributed by atoms with Crippen LogP contribution < -0.4 is 0 Å². The van der Waals surface area contributed by atoms with Crippen LogP contribution in [0.3, 0.4) is 0 Å². The summed E-state index contributed by atoms with van der Waals surface area (Å²) in [6, 6.07) is 0. The fraction of sp³-hybridized carbons (Fsp3) is 0. The molecule has 56 valence electrons. The molecule has 0 fully saturated rings. The molecule has 0 aromatic rings. The van der Waals surface area contributed by atoms with Gasteiger partial charge in [0.2, 0.25) is 0 Å². The van der Waals surface area contributed by atoms with Gasteiger partial charge in [-0.25, -0.2) is 0 Å². The van der Waals surface area contributed by atoms with Crippen LogP contribution in [-0.2, 0) is 0 Å². The summed E-state index contributed by atoms with van der Waals surface area (Å²) in [5.41, 5.74) is 0. The van der Waals surface area contributed by atoms with Crippen LogP contribution in [0.5, 0.6) is 0 Å². The van der Waals surface area contributed by atoms with Crippen molar-refractivity contribution in [1.29, 1.82) is 0 Å². The van der Waals surface area contributed by atoms with E-state index in [0.717, 1.165) is 0 Å². The smallest absolute Gasteiger partial charge is 3.00 e. The molecular weight excluding hydrogens is 644 g/mol. The monoisotopic (exact) mass is 645 g/mol. The van der Waals surface area contributed by atoms with E-state index in [-0.39, 0.29) is 181 Å². The molecule has 0 aromatic heterocycles. The first-order valence-corrected chi connectivity index (χ1v) is 0. The van der Waals surface area contributed by atoms with Gasteiger partial charge in [-0.2, -0.15) is 0 Å². The van der Waals surface area contributed by atoms with Crippen LogP contribution >= 0.6 is 69.3 Å². The summed E-state index contributed by atoms with van der Waals surface area (Å²) < 4.78 is 0. The molecule has 0 aliphatic heterocycles. The van der Waals surface area contributed by atoms with Crippen LogP contribution in [0.1, 0.15) is 0 Å². The maximum absolute atomic E-state index is 0. The molecule has 0 aromatic carbocycles. The summed E-state index contributed by atoms with van der Waals surface area (Å²) in [6.45, 7) is 0. The van der Waals surface area contributed by atoms with E-state index >= 15 is 0 Å². The first kappa shape index (κ1) is 157. The SMILES string of the molecule is [Ga+3].[Ga+3].[Ga+3].[Ge+4].[Ge+4].[Ge+4].[P-3].[P-3].[P-3].[P-3].[P-3].[P-3].[P-3]. The standard InChI is InChI=1S/3Ga.3Ge.7P/q3*+3;3*+4;7*-3. The van der Waals surface area contributed by atoms with Crippen LogP contribution in [0, 0.1) is 0 Å². The summed E-state index contributed by atoms with van der Waals surface area (Å²) >= 11 is 0. The number of hydrogen-bond donors (Lipinski definition) is 0. The Bertz CT molecular complexity index is 18.9. The van der Waals surface area contributed by atoms with Crippen molar-refractivity contribution in [2.45, 2.75) is 0 Å². The summed E-state index contributed by atoms with van der Waals surface area (Å²) in [7, 11) is 0. The predicted octanol–water partition coefficient (Wildman–Crippen LogP) is 3.74. The molecule has 0 unspecified atom stereocenters. The molecule has 0 spiro atoms. The molecule has 0 bridgehead atoms. The van der Waals surface area contributed by atoms with Crippen LogP contribution in [-0.4, -0.2) is 112 Å². The zero-order chi connectivity index (χ0) is 0. The largest absolute Gasteiger partial charge is 4.00 e. The van der Waals surface area contributed by atoms with E-state index in [0.29, 0.717) is 0 Å². The average Bonchev–Trinajstić information content (AvgIpc) is 0. The van der Waals surface area contributed by atoms with Crippen LogP contribution in [0.4, 0.5) is 0 Å². The second kappa shape index (κ2) is 133. The molecule has 0 aliphatic rings. The second-order valence-corrected chi connectivity index (χ2v) is 0. The first-order chi connectivity index (χ1) is 0. The Balaban J connectivity index is 0. The van der Waals surface area contributed by atoms with E-state index in [2.05, 4.69) is 0 Å². The van der Waals surface area contributed by atoms with Gasteiger partial charge in [0.05, 0.1) is 0 Å². The number of rotatable bonds is 0. The molecule has 0 aliphatic carbocycles. The quantitative estimate of drug-likeness (QED) is 0.279. The molecule has 0 nitrogen and oxygen atoms in total. The van der Waals surface area contributed by atoms with Crippen molar-refractivity contribution < 1.29 is 0 Å². The molecule has 0 N–H and O–H groups in total. The van der Waals surface area contributed by atoms with Crippen molar-refractivity contribution in [2.75, 3.05) is 0 Å². The van der Waals surface area contributed by atoms with Crippen LogP contribution in [0.25, 0.3) is 0 Å². The Morgan fingerprint density at radius 2 is 0.231 bits per heavy atom. The van der Waals surface area contributed by atoms with E-state index < -0.39 is 0 Å². The average molecular weight is 644 g/mol. The predicted molar refractivity (Wildman–Crippen MR) is 83.0 cm³/mol. The van der Waals surface area contributed by atoms with Crippen molar-refractivity contribution >= 4 is 181 Å². The van der Waals surface area contributed by atoms with Gasteiger partial charge in [-0.15, -0.1) is 0 Å². The topological polar surface area (TPSA) is 0 Å². The molecule has 0 atom stereocenters. The van der Waals surface area contributed by atoms with Crippen molar-refractivity contribution in [3.8, 4) is 0 Å². The third-order valence-electron chi connectivity index (χ3n) is 0. The molecule has 0 saturated heterocycles. The second-order valence-electron chi connectivity index (χ2n) is 0. The van der Waals surface area contributed by atoms with Gasteiger partial charge in [0.1, 0.15) is 0 Å². The Morgan fingerprint density at radius 1 is 0.231 bits per heavy atom.